The molecule has 132 valence electrons. The van der Waals surface area contributed by atoms with Gasteiger partial charge in [-0.15, -0.1) is 0 Å². The molecule has 0 aliphatic carbocycles. The van der Waals surface area contributed by atoms with Crippen LogP contribution in [-0.4, -0.2) is 24.9 Å². The Morgan fingerprint density at radius 3 is 2.56 bits per heavy atom. The van der Waals surface area contributed by atoms with Crippen LogP contribution in [0.5, 0.6) is 0 Å². The first-order valence-corrected chi connectivity index (χ1v) is 8.62. The minimum absolute atomic E-state index is 0.119. The summed E-state index contributed by atoms with van der Waals surface area (Å²) < 4.78 is 0. The molecule has 0 fully saturated rings. The van der Waals surface area contributed by atoms with E-state index in [0.29, 0.717) is 24.3 Å². The van der Waals surface area contributed by atoms with Crippen LogP contribution in [-0.2, 0) is 11.3 Å². The SMILES string of the molecule is CCCCNC(=O)c1cccc(NC(=O)CNCc2ccccc2)c1. The molecule has 0 spiro atoms. The number of anilines is 1. The summed E-state index contributed by atoms with van der Waals surface area (Å²) >= 11 is 0. The summed E-state index contributed by atoms with van der Waals surface area (Å²) in [6.45, 7) is 3.58. The second-order valence-corrected chi connectivity index (χ2v) is 5.83. The minimum atomic E-state index is -0.139. The van der Waals surface area contributed by atoms with Crippen molar-refractivity contribution in [2.45, 2.75) is 26.3 Å². The molecule has 2 aromatic rings. The average molecular weight is 339 g/mol. The summed E-state index contributed by atoms with van der Waals surface area (Å²) in [6.07, 6.45) is 1.99. The normalized spacial score (nSPS) is 10.3. The fourth-order valence-corrected chi connectivity index (χ4v) is 2.34. The number of carbonyl (C=O) groups excluding carboxylic acids is 2. The summed E-state index contributed by atoms with van der Waals surface area (Å²) in [7, 11) is 0. The van der Waals surface area contributed by atoms with E-state index in [1.807, 2.05) is 30.3 Å². The van der Waals surface area contributed by atoms with Crippen LogP contribution < -0.4 is 16.0 Å². The van der Waals surface area contributed by atoms with Crippen molar-refractivity contribution in [3.8, 4) is 0 Å². The highest BCUT2D eigenvalue weighted by Crippen LogP contribution is 2.10. The molecule has 0 bridgehead atoms. The van der Waals surface area contributed by atoms with Gasteiger partial charge in [0, 0.05) is 24.3 Å². The maximum absolute atomic E-state index is 12.1. The number of hydrogen-bond donors (Lipinski definition) is 3. The van der Waals surface area contributed by atoms with Gasteiger partial charge in [-0.1, -0.05) is 49.7 Å². The maximum atomic E-state index is 12.1. The molecule has 0 saturated heterocycles. The van der Waals surface area contributed by atoms with Gasteiger partial charge in [0.15, 0.2) is 0 Å². The van der Waals surface area contributed by atoms with Crippen LogP contribution in [0.15, 0.2) is 54.6 Å². The lowest BCUT2D eigenvalue weighted by Gasteiger charge is -2.09. The Labute approximate surface area is 148 Å². The Balaban J connectivity index is 1.80. The van der Waals surface area contributed by atoms with Crippen molar-refractivity contribution in [1.82, 2.24) is 10.6 Å². The van der Waals surface area contributed by atoms with Crippen molar-refractivity contribution in [1.29, 1.82) is 0 Å². The van der Waals surface area contributed by atoms with Crippen LogP contribution in [0.1, 0.15) is 35.7 Å². The number of unbranched alkanes of at least 4 members (excludes halogenated alkanes) is 1. The van der Waals surface area contributed by atoms with E-state index in [4.69, 9.17) is 0 Å². The van der Waals surface area contributed by atoms with Crippen LogP contribution in [0.2, 0.25) is 0 Å². The predicted octanol–water partition coefficient (Wildman–Crippen LogP) is 2.94. The van der Waals surface area contributed by atoms with Crippen LogP contribution in [0, 0.1) is 0 Å². The Kier molecular flexibility index (Phi) is 7.66. The fourth-order valence-electron chi connectivity index (χ4n) is 2.34. The van der Waals surface area contributed by atoms with E-state index in [1.54, 1.807) is 24.3 Å². The third-order valence-electron chi connectivity index (χ3n) is 3.68. The summed E-state index contributed by atoms with van der Waals surface area (Å²) in [5, 5.41) is 8.78. The van der Waals surface area contributed by atoms with Crippen LogP contribution in [0.25, 0.3) is 0 Å². The van der Waals surface area contributed by atoms with Crippen molar-refractivity contribution < 1.29 is 9.59 Å². The number of benzene rings is 2. The van der Waals surface area contributed by atoms with Gasteiger partial charge in [-0.05, 0) is 30.2 Å². The Morgan fingerprint density at radius 2 is 1.80 bits per heavy atom. The van der Waals surface area contributed by atoms with Crippen molar-refractivity contribution in [2.24, 2.45) is 0 Å². The molecule has 2 aromatic carbocycles. The largest absolute Gasteiger partial charge is 0.352 e. The molecule has 0 unspecified atom stereocenters. The van der Waals surface area contributed by atoms with E-state index in [0.717, 1.165) is 18.4 Å². The lowest BCUT2D eigenvalue weighted by atomic mass is 10.2. The van der Waals surface area contributed by atoms with Gasteiger partial charge in [-0.3, -0.25) is 9.59 Å². The summed E-state index contributed by atoms with van der Waals surface area (Å²) in [5.74, 6) is -0.258. The molecular weight excluding hydrogens is 314 g/mol. The predicted molar refractivity (Wildman–Crippen MR) is 100 cm³/mol. The second kappa shape index (κ2) is 10.3. The highest BCUT2D eigenvalue weighted by atomic mass is 16.2. The van der Waals surface area contributed by atoms with Gasteiger partial charge in [0.1, 0.15) is 0 Å². The molecule has 0 heterocycles. The Bertz CT molecular complexity index is 686. The third-order valence-corrected chi connectivity index (χ3v) is 3.68. The lowest BCUT2D eigenvalue weighted by molar-refractivity contribution is -0.115. The first-order chi connectivity index (χ1) is 12.2. The van der Waals surface area contributed by atoms with E-state index in [-0.39, 0.29) is 18.4 Å². The van der Waals surface area contributed by atoms with Crippen molar-refractivity contribution in [3.63, 3.8) is 0 Å². The Morgan fingerprint density at radius 1 is 1.00 bits per heavy atom. The summed E-state index contributed by atoms with van der Waals surface area (Å²) in [6, 6.07) is 16.9. The third kappa shape index (κ3) is 6.77. The van der Waals surface area contributed by atoms with E-state index in [2.05, 4.69) is 22.9 Å². The zero-order chi connectivity index (χ0) is 17.9. The van der Waals surface area contributed by atoms with Gasteiger partial charge in [-0.2, -0.15) is 0 Å². The number of carbonyl (C=O) groups is 2. The zero-order valence-corrected chi connectivity index (χ0v) is 14.5. The molecule has 0 aliphatic rings. The van der Waals surface area contributed by atoms with Crippen molar-refractivity contribution in [3.05, 3.63) is 65.7 Å². The molecule has 0 radical (unpaired) electrons. The van der Waals surface area contributed by atoms with Gasteiger partial charge in [0.05, 0.1) is 6.54 Å². The molecule has 0 aliphatic heterocycles. The van der Waals surface area contributed by atoms with Gasteiger partial charge >= 0.3 is 0 Å². The molecule has 0 aromatic heterocycles. The maximum Gasteiger partial charge on any atom is 0.251 e. The van der Waals surface area contributed by atoms with Gasteiger partial charge in [0.25, 0.3) is 5.91 Å². The second-order valence-electron chi connectivity index (χ2n) is 5.83. The zero-order valence-electron chi connectivity index (χ0n) is 14.5. The molecule has 2 amide bonds. The highest BCUT2D eigenvalue weighted by molar-refractivity contribution is 5.97. The standard InChI is InChI=1S/C20H25N3O2/c1-2-3-12-22-20(25)17-10-7-11-18(13-17)23-19(24)15-21-14-16-8-5-4-6-9-16/h4-11,13,21H,2-3,12,14-15H2,1H3,(H,22,25)(H,23,24). The highest BCUT2D eigenvalue weighted by Gasteiger charge is 2.07. The van der Waals surface area contributed by atoms with Gasteiger partial charge in [0.2, 0.25) is 5.91 Å². The van der Waals surface area contributed by atoms with E-state index in [1.165, 1.54) is 0 Å². The van der Waals surface area contributed by atoms with Crippen LogP contribution in [0.4, 0.5) is 5.69 Å². The van der Waals surface area contributed by atoms with Crippen LogP contribution in [0.3, 0.4) is 0 Å². The average Bonchev–Trinajstić information content (AvgIpc) is 2.63. The van der Waals surface area contributed by atoms with E-state index in [9.17, 15) is 9.59 Å². The molecular formula is C20H25N3O2. The van der Waals surface area contributed by atoms with Crippen LogP contribution >= 0.6 is 0 Å². The van der Waals surface area contributed by atoms with Crippen molar-refractivity contribution in [2.75, 3.05) is 18.4 Å². The molecule has 0 saturated carbocycles. The lowest BCUT2D eigenvalue weighted by Crippen LogP contribution is -2.28. The molecule has 3 N–H and O–H groups in total. The number of amides is 2. The molecule has 25 heavy (non-hydrogen) atoms. The molecule has 5 heteroatoms. The van der Waals surface area contributed by atoms with Crippen molar-refractivity contribution >= 4 is 17.5 Å². The number of rotatable bonds is 9. The Hall–Kier alpha value is -2.66. The number of nitrogens with one attached hydrogen (secondary N) is 3. The molecule has 0 atom stereocenters. The monoisotopic (exact) mass is 339 g/mol. The van der Waals surface area contributed by atoms with E-state index < -0.39 is 0 Å². The van der Waals surface area contributed by atoms with Gasteiger partial charge < -0.3 is 16.0 Å². The minimum Gasteiger partial charge on any atom is -0.352 e. The smallest absolute Gasteiger partial charge is 0.251 e. The molecule has 5 nitrogen and oxygen atoms in total. The summed E-state index contributed by atoms with van der Waals surface area (Å²) in [4.78, 5) is 24.1. The van der Waals surface area contributed by atoms with Gasteiger partial charge in [-0.25, -0.2) is 0 Å². The fraction of sp³-hybridized carbons (Fsp3) is 0.300. The first kappa shape index (κ1) is 18.7. The quantitative estimate of drug-likeness (QED) is 0.615. The van der Waals surface area contributed by atoms with E-state index >= 15 is 0 Å². The number of hydrogen-bond acceptors (Lipinski definition) is 3. The summed E-state index contributed by atoms with van der Waals surface area (Å²) in [5.41, 5.74) is 2.29. The first-order valence-electron chi connectivity index (χ1n) is 8.62. The molecule has 2 rings (SSSR count). The topological polar surface area (TPSA) is 70.2 Å².